The summed E-state index contributed by atoms with van der Waals surface area (Å²) in [6.45, 7) is 5.61. The van der Waals surface area contributed by atoms with Gasteiger partial charge in [0.15, 0.2) is 0 Å². The molecule has 0 atom stereocenters. The topological polar surface area (TPSA) is 57.7 Å². The molecule has 3 aliphatic rings. The number of carbonyl (C=O) groups excluding carboxylic acids is 1. The number of amides is 1. The molecule has 3 fully saturated rings. The van der Waals surface area contributed by atoms with Crippen LogP contribution in [0.1, 0.15) is 42.5 Å². The van der Waals surface area contributed by atoms with Gasteiger partial charge >= 0.3 is 0 Å². The summed E-state index contributed by atoms with van der Waals surface area (Å²) in [6, 6.07) is 1.75. The van der Waals surface area contributed by atoms with E-state index in [0.717, 1.165) is 6.54 Å². The summed E-state index contributed by atoms with van der Waals surface area (Å²) in [5, 5.41) is 4.05. The van der Waals surface area contributed by atoms with Crippen LogP contribution >= 0.6 is 23.4 Å². The van der Waals surface area contributed by atoms with Crippen LogP contribution in [-0.4, -0.2) is 83.7 Å². The fourth-order valence-electron chi connectivity index (χ4n) is 4.73. The Kier molecular flexibility index (Phi) is 7.21. The number of ether oxygens (including phenoxy) is 1. The molecule has 0 unspecified atom stereocenters. The van der Waals surface area contributed by atoms with Crippen molar-refractivity contribution in [2.24, 2.45) is 0 Å². The maximum Gasteiger partial charge on any atom is 0.255 e. The third-order valence-corrected chi connectivity index (χ3v) is 7.67. The van der Waals surface area contributed by atoms with E-state index in [1.165, 1.54) is 56.7 Å². The second-order valence-corrected chi connectivity index (χ2v) is 9.83. The molecule has 0 spiro atoms. The first-order valence-corrected chi connectivity index (χ1v) is 12.3. The Labute approximate surface area is 182 Å². The van der Waals surface area contributed by atoms with Crippen molar-refractivity contribution in [3.05, 3.63) is 22.8 Å². The molecule has 1 aromatic rings. The largest absolute Gasteiger partial charge is 0.378 e. The van der Waals surface area contributed by atoms with Crippen LogP contribution in [0.2, 0.25) is 5.02 Å². The zero-order valence-corrected chi connectivity index (χ0v) is 18.6. The average molecular weight is 439 g/mol. The van der Waals surface area contributed by atoms with Gasteiger partial charge in [0.25, 0.3) is 5.91 Å². The number of pyridine rings is 1. The van der Waals surface area contributed by atoms with Crippen LogP contribution in [0.25, 0.3) is 0 Å². The number of hydrogen-bond donors (Lipinski definition) is 1. The molecule has 29 heavy (non-hydrogen) atoms. The van der Waals surface area contributed by atoms with Gasteiger partial charge in [0.1, 0.15) is 5.82 Å². The molecule has 1 N–H and O–H groups in total. The molecule has 0 bridgehead atoms. The number of thioether (sulfide) groups is 1. The molecule has 3 heterocycles. The number of hydrogen-bond acceptors (Lipinski definition) is 6. The van der Waals surface area contributed by atoms with Crippen molar-refractivity contribution >= 4 is 35.1 Å². The van der Waals surface area contributed by atoms with Gasteiger partial charge in [-0.25, -0.2) is 4.98 Å². The van der Waals surface area contributed by atoms with Crippen LogP contribution in [0.3, 0.4) is 0 Å². The summed E-state index contributed by atoms with van der Waals surface area (Å²) in [5.74, 6) is 3.10. The van der Waals surface area contributed by atoms with Gasteiger partial charge in [-0.15, -0.1) is 0 Å². The van der Waals surface area contributed by atoms with E-state index >= 15 is 0 Å². The van der Waals surface area contributed by atoms with E-state index < -0.39 is 0 Å². The lowest BCUT2D eigenvalue weighted by Crippen LogP contribution is -2.57. The number of rotatable bonds is 5. The van der Waals surface area contributed by atoms with Crippen molar-refractivity contribution < 1.29 is 9.53 Å². The zero-order chi connectivity index (χ0) is 20.1. The van der Waals surface area contributed by atoms with E-state index in [9.17, 15) is 4.79 Å². The highest BCUT2D eigenvalue weighted by atomic mass is 35.5. The van der Waals surface area contributed by atoms with Gasteiger partial charge in [0, 0.05) is 56.0 Å². The minimum absolute atomic E-state index is 0.0242. The molecule has 8 heteroatoms. The monoisotopic (exact) mass is 438 g/mol. The number of carbonyl (C=O) groups is 1. The minimum atomic E-state index is -0.0242. The van der Waals surface area contributed by atoms with Gasteiger partial charge in [0.2, 0.25) is 0 Å². The van der Waals surface area contributed by atoms with Crippen molar-refractivity contribution in [1.82, 2.24) is 14.8 Å². The Bertz CT molecular complexity index is 702. The second-order valence-electron chi connectivity index (χ2n) is 8.20. The molecule has 1 aromatic heterocycles. The summed E-state index contributed by atoms with van der Waals surface area (Å²) in [5.41, 5.74) is 0.745. The lowest BCUT2D eigenvalue weighted by molar-refractivity contribution is 0.0302. The van der Waals surface area contributed by atoms with E-state index in [1.54, 1.807) is 17.2 Å². The van der Waals surface area contributed by atoms with Crippen LogP contribution in [-0.2, 0) is 4.74 Å². The standard InChI is InChI=1S/C21H31ClN4O2S/c22-18-14-17(20(27)25-6-10-28-11-7-25)15-23-19(18)24-16-21(4-2-1-3-5-21)26-8-12-29-13-9-26/h14-15H,1-13,16H2,(H,23,24). The van der Waals surface area contributed by atoms with Gasteiger partial charge in [-0.05, 0) is 18.9 Å². The number of nitrogens with one attached hydrogen (secondary N) is 1. The molecule has 2 saturated heterocycles. The van der Waals surface area contributed by atoms with Gasteiger partial charge in [-0.3, -0.25) is 9.69 Å². The van der Waals surface area contributed by atoms with Gasteiger partial charge in [0.05, 0.1) is 23.8 Å². The van der Waals surface area contributed by atoms with Crippen molar-refractivity contribution in [3.8, 4) is 0 Å². The lowest BCUT2D eigenvalue weighted by atomic mass is 9.80. The predicted molar refractivity (Wildman–Crippen MR) is 119 cm³/mol. The Balaban J connectivity index is 1.43. The molecule has 1 aliphatic carbocycles. The van der Waals surface area contributed by atoms with Gasteiger partial charge < -0.3 is 15.0 Å². The molecule has 4 rings (SSSR count). The van der Waals surface area contributed by atoms with E-state index in [-0.39, 0.29) is 11.4 Å². The minimum Gasteiger partial charge on any atom is -0.378 e. The average Bonchev–Trinajstić information content (AvgIpc) is 2.79. The van der Waals surface area contributed by atoms with Crippen LogP contribution in [0, 0.1) is 0 Å². The first kappa shape index (κ1) is 21.2. The van der Waals surface area contributed by atoms with Crippen molar-refractivity contribution in [3.63, 3.8) is 0 Å². The lowest BCUT2D eigenvalue weighted by Gasteiger charge is -2.48. The molecule has 2 aliphatic heterocycles. The normalized spacial score (nSPS) is 23.0. The fourth-order valence-corrected chi connectivity index (χ4v) is 5.87. The molecule has 160 valence electrons. The van der Waals surface area contributed by atoms with Crippen molar-refractivity contribution in [2.45, 2.75) is 37.6 Å². The van der Waals surface area contributed by atoms with Crippen LogP contribution < -0.4 is 5.32 Å². The van der Waals surface area contributed by atoms with Crippen molar-refractivity contribution in [2.75, 3.05) is 62.8 Å². The van der Waals surface area contributed by atoms with E-state index in [1.807, 2.05) is 0 Å². The summed E-state index contributed by atoms with van der Waals surface area (Å²) in [4.78, 5) is 21.7. The first-order valence-electron chi connectivity index (χ1n) is 10.8. The quantitative estimate of drug-likeness (QED) is 0.760. The Morgan fingerprint density at radius 3 is 2.59 bits per heavy atom. The Morgan fingerprint density at radius 1 is 1.17 bits per heavy atom. The fraction of sp³-hybridized carbons (Fsp3) is 0.714. The number of anilines is 1. The number of aromatic nitrogens is 1. The number of morpholine rings is 1. The first-order chi connectivity index (χ1) is 14.2. The maximum absolute atomic E-state index is 12.7. The highest BCUT2D eigenvalue weighted by Gasteiger charge is 2.38. The smallest absolute Gasteiger partial charge is 0.255 e. The number of nitrogens with zero attached hydrogens (tertiary/aromatic N) is 3. The summed E-state index contributed by atoms with van der Waals surface area (Å²) >= 11 is 8.58. The number of halogens is 1. The molecule has 0 radical (unpaired) electrons. The SMILES string of the molecule is O=C(c1cnc(NCC2(N3CCSCC3)CCCCC2)c(Cl)c1)N1CCOCC1. The van der Waals surface area contributed by atoms with Crippen LogP contribution in [0.4, 0.5) is 5.82 Å². The highest BCUT2D eigenvalue weighted by molar-refractivity contribution is 7.99. The third kappa shape index (κ3) is 5.01. The molecule has 6 nitrogen and oxygen atoms in total. The third-order valence-electron chi connectivity index (χ3n) is 6.44. The second kappa shape index (κ2) is 9.86. The van der Waals surface area contributed by atoms with E-state index in [2.05, 4.69) is 27.0 Å². The van der Waals surface area contributed by atoms with E-state index in [0.29, 0.717) is 42.7 Å². The van der Waals surface area contributed by atoms with Gasteiger partial charge in [-0.2, -0.15) is 11.8 Å². The summed E-state index contributed by atoms with van der Waals surface area (Å²) in [7, 11) is 0. The predicted octanol–water partition coefficient (Wildman–Crippen LogP) is 3.37. The molecule has 1 amide bonds. The Hall–Kier alpha value is -1.02. The maximum atomic E-state index is 12.7. The van der Waals surface area contributed by atoms with Gasteiger partial charge in [-0.1, -0.05) is 30.9 Å². The highest BCUT2D eigenvalue weighted by Crippen LogP contribution is 2.36. The molecular weight excluding hydrogens is 408 g/mol. The summed E-state index contributed by atoms with van der Waals surface area (Å²) in [6.07, 6.45) is 8.03. The molecule has 0 aromatic carbocycles. The van der Waals surface area contributed by atoms with Crippen LogP contribution in [0.5, 0.6) is 0 Å². The molecular formula is C21H31ClN4O2S. The van der Waals surface area contributed by atoms with Crippen LogP contribution in [0.15, 0.2) is 12.3 Å². The Morgan fingerprint density at radius 2 is 1.90 bits per heavy atom. The zero-order valence-electron chi connectivity index (χ0n) is 17.0. The summed E-state index contributed by atoms with van der Waals surface area (Å²) < 4.78 is 5.33. The van der Waals surface area contributed by atoms with E-state index in [4.69, 9.17) is 16.3 Å². The molecule has 1 saturated carbocycles. The van der Waals surface area contributed by atoms with Crippen molar-refractivity contribution in [1.29, 1.82) is 0 Å².